The molecule has 1 saturated heterocycles. The summed E-state index contributed by atoms with van der Waals surface area (Å²) >= 11 is 0. The van der Waals surface area contributed by atoms with Crippen molar-refractivity contribution in [3.63, 3.8) is 0 Å². The van der Waals surface area contributed by atoms with Crippen LogP contribution in [0.5, 0.6) is 0 Å². The quantitative estimate of drug-likeness (QED) is 0.750. The van der Waals surface area contributed by atoms with Gasteiger partial charge in [-0.2, -0.15) is 0 Å². The maximum atomic E-state index is 12.6. The molecule has 104 valence electrons. The second-order valence-corrected chi connectivity index (χ2v) is 5.57. The lowest BCUT2D eigenvalue weighted by Crippen LogP contribution is -2.46. The number of benzene rings is 1. The van der Waals surface area contributed by atoms with Gasteiger partial charge in [0, 0.05) is 12.1 Å². The third-order valence-electron chi connectivity index (χ3n) is 4.32. The van der Waals surface area contributed by atoms with Gasteiger partial charge in [-0.1, -0.05) is 50.6 Å². The van der Waals surface area contributed by atoms with Crippen LogP contribution in [0.2, 0.25) is 0 Å². The summed E-state index contributed by atoms with van der Waals surface area (Å²) in [7, 11) is 0. The van der Waals surface area contributed by atoms with Crippen LogP contribution in [-0.2, 0) is 0 Å². The highest BCUT2D eigenvalue weighted by molar-refractivity contribution is 6.00. The Balaban J connectivity index is 2.09. The van der Waals surface area contributed by atoms with Gasteiger partial charge in [0.2, 0.25) is 0 Å². The number of ketones is 1. The van der Waals surface area contributed by atoms with E-state index in [0.29, 0.717) is 5.78 Å². The van der Waals surface area contributed by atoms with E-state index in [0.717, 1.165) is 31.0 Å². The molecule has 1 heterocycles. The molecule has 2 heteroatoms. The lowest BCUT2D eigenvalue weighted by molar-refractivity contribution is 0.0710. The van der Waals surface area contributed by atoms with Gasteiger partial charge < -0.3 is 0 Å². The van der Waals surface area contributed by atoms with E-state index in [1.54, 1.807) is 0 Å². The molecule has 0 N–H and O–H groups in total. The summed E-state index contributed by atoms with van der Waals surface area (Å²) in [6, 6.07) is 9.80. The third kappa shape index (κ3) is 3.44. The van der Waals surface area contributed by atoms with Crippen LogP contribution in [0.4, 0.5) is 0 Å². The molecule has 2 rings (SSSR count). The highest BCUT2D eigenvalue weighted by atomic mass is 16.1. The van der Waals surface area contributed by atoms with Crippen LogP contribution in [0.1, 0.15) is 49.9 Å². The zero-order valence-electron chi connectivity index (χ0n) is 12.1. The molecule has 1 aromatic rings. The molecule has 0 aromatic heterocycles. The largest absolute Gasteiger partial charge is 0.293 e. The predicted molar refractivity (Wildman–Crippen MR) is 79.4 cm³/mol. The number of hydrogen-bond acceptors (Lipinski definition) is 2. The van der Waals surface area contributed by atoms with E-state index in [1.807, 2.05) is 30.3 Å². The average Bonchev–Trinajstić information content (AvgIpc) is 2.49. The topological polar surface area (TPSA) is 20.3 Å². The second-order valence-electron chi connectivity index (χ2n) is 5.57. The molecular weight excluding hydrogens is 234 g/mol. The Labute approximate surface area is 116 Å². The number of nitrogens with zero attached hydrogens (tertiary/aromatic N) is 1. The van der Waals surface area contributed by atoms with Gasteiger partial charge in [-0.25, -0.2) is 0 Å². The molecule has 2 unspecified atom stereocenters. The van der Waals surface area contributed by atoms with Crippen LogP contribution in [0.15, 0.2) is 30.3 Å². The molecule has 0 aliphatic carbocycles. The first-order valence-electron chi connectivity index (χ1n) is 7.59. The average molecular weight is 259 g/mol. The van der Waals surface area contributed by atoms with Crippen molar-refractivity contribution in [2.75, 3.05) is 13.1 Å². The van der Waals surface area contributed by atoms with E-state index in [1.165, 1.54) is 19.3 Å². The van der Waals surface area contributed by atoms with E-state index < -0.39 is 0 Å². The van der Waals surface area contributed by atoms with Crippen LogP contribution in [-0.4, -0.2) is 29.8 Å². The van der Waals surface area contributed by atoms with Crippen molar-refractivity contribution in [3.8, 4) is 0 Å². The van der Waals surface area contributed by atoms with Gasteiger partial charge in [-0.05, 0) is 31.7 Å². The van der Waals surface area contributed by atoms with E-state index in [9.17, 15) is 4.79 Å². The number of rotatable bonds is 5. The zero-order valence-corrected chi connectivity index (χ0v) is 12.1. The van der Waals surface area contributed by atoms with Crippen molar-refractivity contribution in [1.29, 1.82) is 0 Å². The van der Waals surface area contributed by atoms with Gasteiger partial charge in [0.1, 0.15) is 0 Å². The maximum Gasteiger partial charge on any atom is 0.179 e. The maximum absolute atomic E-state index is 12.6. The number of hydrogen-bond donors (Lipinski definition) is 0. The highest BCUT2D eigenvalue weighted by Crippen LogP contribution is 2.23. The predicted octanol–water partition coefficient (Wildman–Crippen LogP) is 3.77. The number of carbonyl (C=O) groups excluding carboxylic acids is 1. The van der Waals surface area contributed by atoms with Crippen LogP contribution >= 0.6 is 0 Å². The summed E-state index contributed by atoms with van der Waals surface area (Å²) in [5, 5.41) is 0. The highest BCUT2D eigenvalue weighted by Gasteiger charge is 2.29. The number of carbonyl (C=O) groups is 1. The fourth-order valence-corrected chi connectivity index (χ4v) is 3.12. The Morgan fingerprint density at radius 3 is 2.68 bits per heavy atom. The van der Waals surface area contributed by atoms with Gasteiger partial charge in [0.25, 0.3) is 0 Å². The zero-order chi connectivity index (χ0) is 13.7. The van der Waals surface area contributed by atoms with Crippen LogP contribution in [0.25, 0.3) is 0 Å². The van der Waals surface area contributed by atoms with Crippen LogP contribution < -0.4 is 0 Å². The summed E-state index contributed by atoms with van der Waals surface area (Å²) in [6.45, 7) is 6.55. The molecule has 19 heavy (non-hydrogen) atoms. The minimum Gasteiger partial charge on any atom is -0.293 e. The van der Waals surface area contributed by atoms with Crippen molar-refractivity contribution in [1.82, 2.24) is 4.90 Å². The van der Waals surface area contributed by atoms with E-state index in [4.69, 9.17) is 0 Å². The summed E-state index contributed by atoms with van der Waals surface area (Å²) in [5.74, 6) is 1.06. The molecule has 0 saturated carbocycles. The second kappa shape index (κ2) is 6.85. The Morgan fingerprint density at radius 2 is 2.05 bits per heavy atom. The summed E-state index contributed by atoms with van der Waals surface area (Å²) in [6.07, 6.45) is 4.69. The van der Waals surface area contributed by atoms with Crippen molar-refractivity contribution in [2.24, 2.45) is 5.92 Å². The first-order valence-corrected chi connectivity index (χ1v) is 7.59. The Hall–Kier alpha value is -1.15. The number of piperidine rings is 1. The Bertz CT molecular complexity index is 401. The fourth-order valence-electron chi connectivity index (χ4n) is 3.12. The molecule has 0 amide bonds. The molecule has 1 aliphatic rings. The van der Waals surface area contributed by atoms with E-state index in [-0.39, 0.29) is 6.04 Å². The van der Waals surface area contributed by atoms with Gasteiger partial charge in [0.15, 0.2) is 5.78 Å². The standard InChI is InChI=1S/C17H25NO/c1-3-14-9-8-12-18(13-14)16(4-2)17(19)15-10-6-5-7-11-15/h5-7,10-11,14,16H,3-4,8-9,12-13H2,1-2H3. The van der Waals surface area contributed by atoms with Gasteiger partial charge in [0.05, 0.1) is 6.04 Å². The normalized spacial score (nSPS) is 22.1. The lowest BCUT2D eigenvalue weighted by Gasteiger charge is -2.37. The summed E-state index contributed by atoms with van der Waals surface area (Å²) < 4.78 is 0. The SMILES string of the molecule is CCC1CCCN(C(CC)C(=O)c2ccccc2)C1. The first kappa shape index (κ1) is 14.3. The van der Waals surface area contributed by atoms with Crippen molar-refractivity contribution < 1.29 is 4.79 Å². The molecule has 0 spiro atoms. The first-order chi connectivity index (χ1) is 9.26. The van der Waals surface area contributed by atoms with Crippen LogP contribution in [0, 0.1) is 5.92 Å². The number of likely N-dealkylation sites (tertiary alicyclic amines) is 1. The van der Waals surface area contributed by atoms with Crippen molar-refractivity contribution in [3.05, 3.63) is 35.9 Å². The molecule has 1 aromatic carbocycles. The molecule has 1 fully saturated rings. The molecule has 2 atom stereocenters. The van der Waals surface area contributed by atoms with E-state index in [2.05, 4.69) is 18.7 Å². The van der Waals surface area contributed by atoms with Gasteiger partial charge >= 0.3 is 0 Å². The summed E-state index contributed by atoms with van der Waals surface area (Å²) in [4.78, 5) is 15.0. The minimum absolute atomic E-state index is 0.0664. The fraction of sp³-hybridized carbons (Fsp3) is 0.588. The van der Waals surface area contributed by atoms with Gasteiger partial charge in [-0.3, -0.25) is 9.69 Å². The minimum atomic E-state index is 0.0664. The van der Waals surface area contributed by atoms with Crippen molar-refractivity contribution in [2.45, 2.75) is 45.6 Å². The lowest BCUT2D eigenvalue weighted by atomic mass is 9.92. The van der Waals surface area contributed by atoms with Gasteiger partial charge in [-0.15, -0.1) is 0 Å². The molecule has 0 bridgehead atoms. The van der Waals surface area contributed by atoms with E-state index >= 15 is 0 Å². The Morgan fingerprint density at radius 1 is 1.32 bits per heavy atom. The molecular formula is C17H25NO. The molecule has 1 aliphatic heterocycles. The number of Topliss-reactive ketones (excluding diaryl/α,β-unsaturated/α-hetero) is 1. The third-order valence-corrected chi connectivity index (χ3v) is 4.32. The molecule has 2 nitrogen and oxygen atoms in total. The summed E-state index contributed by atoms with van der Waals surface area (Å²) in [5.41, 5.74) is 0.855. The van der Waals surface area contributed by atoms with Crippen LogP contribution in [0.3, 0.4) is 0 Å². The Kier molecular flexibility index (Phi) is 5.15. The monoisotopic (exact) mass is 259 g/mol. The molecule has 0 radical (unpaired) electrons. The van der Waals surface area contributed by atoms with Crippen molar-refractivity contribution >= 4 is 5.78 Å². The smallest absolute Gasteiger partial charge is 0.179 e.